The molecule has 0 amide bonds. The van der Waals surface area contributed by atoms with Crippen molar-refractivity contribution < 1.29 is 8.42 Å². The average molecular weight is 240 g/mol. The summed E-state index contributed by atoms with van der Waals surface area (Å²) in [5.41, 5.74) is 7.73. The van der Waals surface area contributed by atoms with Crippen molar-refractivity contribution in [2.45, 2.75) is 37.6 Å². The first-order valence-electron chi connectivity index (χ1n) is 5.30. The van der Waals surface area contributed by atoms with Gasteiger partial charge >= 0.3 is 0 Å². The first-order valence-corrected chi connectivity index (χ1v) is 6.78. The van der Waals surface area contributed by atoms with Gasteiger partial charge in [-0.25, -0.2) is 13.1 Å². The van der Waals surface area contributed by atoms with Crippen molar-refractivity contribution in [3.8, 4) is 0 Å². The molecule has 1 fully saturated rings. The zero-order chi connectivity index (χ0) is 11.9. The van der Waals surface area contributed by atoms with Crippen LogP contribution in [-0.2, 0) is 10.0 Å². The van der Waals surface area contributed by atoms with Crippen molar-refractivity contribution in [1.29, 1.82) is 0 Å². The highest BCUT2D eigenvalue weighted by molar-refractivity contribution is 7.89. The highest BCUT2D eigenvalue weighted by Gasteiger charge is 2.30. The molecule has 0 saturated heterocycles. The fourth-order valence-electron chi connectivity index (χ4n) is 1.65. The van der Waals surface area contributed by atoms with Crippen molar-refractivity contribution in [3.63, 3.8) is 0 Å². The van der Waals surface area contributed by atoms with Crippen LogP contribution < -0.4 is 10.5 Å². The summed E-state index contributed by atoms with van der Waals surface area (Å²) in [6.07, 6.45) is 1.84. The van der Waals surface area contributed by atoms with Gasteiger partial charge in [0.1, 0.15) is 4.90 Å². The lowest BCUT2D eigenvalue weighted by Crippen LogP contribution is -2.27. The number of hydrogen-bond acceptors (Lipinski definition) is 3. The Bertz CT molecular complexity index is 519. The van der Waals surface area contributed by atoms with E-state index in [2.05, 4.69) is 4.72 Å². The molecule has 3 N–H and O–H groups in total. The molecule has 4 nitrogen and oxygen atoms in total. The molecule has 88 valence electrons. The van der Waals surface area contributed by atoms with Gasteiger partial charge in [0, 0.05) is 6.04 Å². The predicted octanol–water partition coefficient (Wildman–Crippen LogP) is 1.33. The Kier molecular flexibility index (Phi) is 2.67. The molecular weight excluding hydrogens is 224 g/mol. The number of rotatable bonds is 3. The highest BCUT2D eigenvalue weighted by atomic mass is 32.2. The first kappa shape index (κ1) is 11.4. The van der Waals surface area contributed by atoms with E-state index in [4.69, 9.17) is 5.73 Å². The SMILES string of the molecule is Cc1ccc(N)c(S(=O)(=O)NC2CC2)c1C. The summed E-state index contributed by atoms with van der Waals surface area (Å²) in [6, 6.07) is 3.58. The summed E-state index contributed by atoms with van der Waals surface area (Å²) < 4.78 is 26.8. The van der Waals surface area contributed by atoms with Crippen molar-refractivity contribution in [2.75, 3.05) is 5.73 Å². The molecule has 0 aliphatic heterocycles. The van der Waals surface area contributed by atoms with E-state index in [1.165, 1.54) is 0 Å². The number of nitrogens with one attached hydrogen (secondary N) is 1. The van der Waals surface area contributed by atoms with E-state index < -0.39 is 10.0 Å². The Balaban J connectivity index is 2.49. The lowest BCUT2D eigenvalue weighted by atomic mass is 10.1. The van der Waals surface area contributed by atoms with Gasteiger partial charge in [-0.05, 0) is 43.9 Å². The van der Waals surface area contributed by atoms with Crippen LogP contribution in [0.2, 0.25) is 0 Å². The van der Waals surface area contributed by atoms with Crippen molar-refractivity contribution in [1.82, 2.24) is 4.72 Å². The van der Waals surface area contributed by atoms with E-state index in [9.17, 15) is 8.42 Å². The molecule has 0 atom stereocenters. The van der Waals surface area contributed by atoms with Crippen LogP contribution in [0.15, 0.2) is 17.0 Å². The summed E-state index contributed by atoms with van der Waals surface area (Å²) in [6.45, 7) is 3.66. The number of benzene rings is 1. The van der Waals surface area contributed by atoms with Crippen LogP contribution in [0.4, 0.5) is 5.69 Å². The third kappa shape index (κ3) is 2.05. The molecule has 1 saturated carbocycles. The summed E-state index contributed by atoms with van der Waals surface area (Å²) in [4.78, 5) is 0.236. The minimum atomic E-state index is -3.46. The van der Waals surface area contributed by atoms with Gasteiger partial charge in [-0.15, -0.1) is 0 Å². The van der Waals surface area contributed by atoms with Crippen LogP contribution in [0, 0.1) is 13.8 Å². The maximum Gasteiger partial charge on any atom is 0.243 e. The van der Waals surface area contributed by atoms with Crippen molar-refractivity contribution in [3.05, 3.63) is 23.3 Å². The molecule has 1 aromatic carbocycles. The third-order valence-corrected chi connectivity index (χ3v) is 4.60. The Labute approximate surface area is 95.9 Å². The fraction of sp³-hybridized carbons (Fsp3) is 0.455. The van der Waals surface area contributed by atoms with E-state index in [-0.39, 0.29) is 10.9 Å². The maximum absolute atomic E-state index is 12.1. The second-order valence-electron chi connectivity index (χ2n) is 4.32. The summed E-state index contributed by atoms with van der Waals surface area (Å²) in [7, 11) is -3.46. The van der Waals surface area contributed by atoms with Gasteiger partial charge < -0.3 is 5.73 Å². The van der Waals surface area contributed by atoms with Gasteiger partial charge in [-0.1, -0.05) is 6.07 Å². The monoisotopic (exact) mass is 240 g/mol. The number of aryl methyl sites for hydroxylation is 1. The zero-order valence-corrected chi connectivity index (χ0v) is 10.3. The molecule has 0 unspecified atom stereocenters. The Morgan fingerprint density at radius 3 is 2.50 bits per heavy atom. The average Bonchev–Trinajstić information content (AvgIpc) is 2.94. The van der Waals surface area contributed by atoms with Gasteiger partial charge in [0.25, 0.3) is 0 Å². The second kappa shape index (κ2) is 3.75. The summed E-state index contributed by atoms with van der Waals surface area (Å²) in [5.74, 6) is 0. The van der Waals surface area contributed by atoms with Crippen LogP contribution in [0.5, 0.6) is 0 Å². The van der Waals surface area contributed by atoms with Gasteiger partial charge in [0.05, 0.1) is 5.69 Å². The van der Waals surface area contributed by atoms with Gasteiger partial charge in [-0.3, -0.25) is 0 Å². The van der Waals surface area contributed by atoms with E-state index >= 15 is 0 Å². The van der Waals surface area contributed by atoms with Crippen LogP contribution >= 0.6 is 0 Å². The molecule has 2 rings (SSSR count). The van der Waals surface area contributed by atoms with Gasteiger partial charge in [-0.2, -0.15) is 0 Å². The van der Waals surface area contributed by atoms with E-state index in [1.54, 1.807) is 13.0 Å². The quantitative estimate of drug-likeness (QED) is 0.783. The predicted molar refractivity (Wildman–Crippen MR) is 63.7 cm³/mol. The van der Waals surface area contributed by atoms with Crippen molar-refractivity contribution in [2.24, 2.45) is 0 Å². The lowest BCUT2D eigenvalue weighted by Gasteiger charge is -2.13. The summed E-state index contributed by atoms with van der Waals surface area (Å²) in [5, 5.41) is 0. The summed E-state index contributed by atoms with van der Waals surface area (Å²) >= 11 is 0. The molecular formula is C11H16N2O2S. The number of hydrogen-bond donors (Lipinski definition) is 2. The minimum Gasteiger partial charge on any atom is -0.398 e. The normalized spacial score (nSPS) is 16.4. The van der Waals surface area contributed by atoms with E-state index in [0.29, 0.717) is 5.69 Å². The first-order chi connectivity index (χ1) is 7.42. The molecule has 1 aliphatic carbocycles. The van der Waals surface area contributed by atoms with Crippen LogP contribution in [0.3, 0.4) is 0 Å². The molecule has 0 heterocycles. The largest absolute Gasteiger partial charge is 0.398 e. The fourth-order valence-corrected chi connectivity index (χ4v) is 3.38. The maximum atomic E-state index is 12.1. The molecule has 0 radical (unpaired) electrons. The number of sulfonamides is 1. The number of nitrogens with two attached hydrogens (primary N) is 1. The minimum absolute atomic E-state index is 0.101. The lowest BCUT2D eigenvalue weighted by molar-refractivity contribution is 0.580. The van der Waals surface area contributed by atoms with Gasteiger partial charge in [0.15, 0.2) is 0 Å². The smallest absolute Gasteiger partial charge is 0.243 e. The third-order valence-electron chi connectivity index (χ3n) is 2.88. The Morgan fingerprint density at radius 1 is 1.31 bits per heavy atom. The zero-order valence-electron chi connectivity index (χ0n) is 9.45. The molecule has 0 aromatic heterocycles. The van der Waals surface area contributed by atoms with Crippen LogP contribution in [0.1, 0.15) is 24.0 Å². The van der Waals surface area contributed by atoms with E-state index in [0.717, 1.165) is 24.0 Å². The van der Waals surface area contributed by atoms with Crippen LogP contribution in [-0.4, -0.2) is 14.5 Å². The molecule has 0 spiro atoms. The topological polar surface area (TPSA) is 72.2 Å². The number of anilines is 1. The molecule has 1 aromatic rings. The van der Waals surface area contributed by atoms with E-state index in [1.807, 2.05) is 13.0 Å². The molecule has 1 aliphatic rings. The Morgan fingerprint density at radius 2 is 1.94 bits per heavy atom. The Hall–Kier alpha value is -1.07. The van der Waals surface area contributed by atoms with Crippen molar-refractivity contribution >= 4 is 15.7 Å². The molecule has 0 bridgehead atoms. The van der Waals surface area contributed by atoms with Gasteiger partial charge in [0.2, 0.25) is 10.0 Å². The number of nitrogen functional groups attached to an aromatic ring is 1. The van der Waals surface area contributed by atoms with Crippen LogP contribution in [0.25, 0.3) is 0 Å². The molecule has 5 heteroatoms. The standard InChI is InChI=1S/C11H16N2O2S/c1-7-3-6-10(12)11(8(7)2)16(14,15)13-9-4-5-9/h3,6,9,13H,4-5,12H2,1-2H3. The second-order valence-corrected chi connectivity index (χ2v) is 5.97. The molecule has 16 heavy (non-hydrogen) atoms. The highest BCUT2D eigenvalue weighted by Crippen LogP contribution is 2.28.